The highest BCUT2D eigenvalue weighted by Gasteiger charge is 2.61. The molecule has 1 heterocycles. The Morgan fingerprint density at radius 1 is 0.848 bits per heavy atom. The van der Waals surface area contributed by atoms with E-state index in [0.29, 0.717) is 5.69 Å². The first-order valence-corrected chi connectivity index (χ1v) is 11.5. The van der Waals surface area contributed by atoms with Gasteiger partial charge in [-0.1, -0.05) is 78.9 Å². The van der Waals surface area contributed by atoms with Crippen LogP contribution >= 0.6 is 0 Å². The number of rotatable bonds is 5. The molecule has 1 N–H and O–H groups in total. The van der Waals surface area contributed by atoms with Gasteiger partial charge < -0.3 is 5.32 Å². The third-order valence-electron chi connectivity index (χ3n) is 7.44. The van der Waals surface area contributed by atoms with Crippen molar-refractivity contribution in [3.63, 3.8) is 0 Å². The van der Waals surface area contributed by atoms with Gasteiger partial charge in [0.2, 0.25) is 17.7 Å². The van der Waals surface area contributed by atoms with Crippen LogP contribution < -0.4 is 5.32 Å². The van der Waals surface area contributed by atoms with Gasteiger partial charge in [0.15, 0.2) is 0 Å². The van der Waals surface area contributed by atoms with Crippen LogP contribution in [0.3, 0.4) is 0 Å². The standard InChI is InChI=1S/C28H24N2O3/c31-26(29-22-12-6-10-18-9-4-5-11-21(18)22)23(15-17-7-2-1-3-8-17)30-27(32)24-19-13-14-20(16-19)25(24)28(30)33/h1-14,19-20,23-25H,15-16H2,(H,29,31)/t19-,20-,23-,24-,25-/m0/s1. The maximum atomic E-state index is 13.7. The molecule has 1 saturated carbocycles. The quantitative estimate of drug-likeness (QED) is 0.482. The van der Waals surface area contributed by atoms with Crippen LogP contribution in [0.4, 0.5) is 5.69 Å². The van der Waals surface area contributed by atoms with E-state index in [1.54, 1.807) is 0 Å². The summed E-state index contributed by atoms with van der Waals surface area (Å²) in [5.41, 5.74) is 1.59. The molecule has 3 aromatic rings. The fourth-order valence-corrected chi connectivity index (χ4v) is 5.92. The zero-order valence-electron chi connectivity index (χ0n) is 18.1. The number of fused-ring (bicyclic) bond motifs is 6. The van der Waals surface area contributed by atoms with Crippen molar-refractivity contribution in [2.45, 2.75) is 18.9 Å². The molecule has 0 unspecified atom stereocenters. The molecule has 3 amide bonds. The molecule has 164 valence electrons. The molecule has 2 fully saturated rings. The first-order chi connectivity index (χ1) is 16.1. The van der Waals surface area contributed by atoms with E-state index in [-0.39, 0.29) is 47.8 Å². The summed E-state index contributed by atoms with van der Waals surface area (Å²) < 4.78 is 0. The van der Waals surface area contributed by atoms with E-state index in [1.807, 2.05) is 72.8 Å². The van der Waals surface area contributed by atoms with Crippen molar-refractivity contribution in [2.24, 2.45) is 23.7 Å². The van der Waals surface area contributed by atoms with E-state index >= 15 is 0 Å². The number of anilines is 1. The maximum Gasteiger partial charge on any atom is 0.248 e. The van der Waals surface area contributed by atoms with Gasteiger partial charge in [-0.05, 0) is 35.3 Å². The summed E-state index contributed by atoms with van der Waals surface area (Å²) >= 11 is 0. The molecule has 0 spiro atoms. The molecule has 5 heteroatoms. The lowest BCUT2D eigenvalue weighted by molar-refractivity contribution is -0.147. The number of benzene rings is 3. The Bertz CT molecular complexity index is 1260. The van der Waals surface area contributed by atoms with Crippen molar-refractivity contribution in [3.05, 3.63) is 90.5 Å². The highest BCUT2D eigenvalue weighted by Crippen LogP contribution is 2.53. The molecular weight excluding hydrogens is 412 g/mol. The van der Waals surface area contributed by atoms with Gasteiger partial charge >= 0.3 is 0 Å². The fourth-order valence-electron chi connectivity index (χ4n) is 5.92. The number of amides is 3. The van der Waals surface area contributed by atoms with Crippen LogP contribution in [-0.2, 0) is 20.8 Å². The molecule has 2 aliphatic carbocycles. The molecule has 0 radical (unpaired) electrons. The number of hydrogen-bond acceptors (Lipinski definition) is 3. The van der Waals surface area contributed by atoms with Crippen LogP contribution in [0, 0.1) is 23.7 Å². The Hall–Kier alpha value is -3.73. The number of allylic oxidation sites excluding steroid dienone is 2. The summed E-state index contributed by atoms with van der Waals surface area (Å²) in [6, 6.07) is 22.2. The highest BCUT2D eigenvalue weighted by atomic mass is 16.2. The van der Waals surface area contributed by atoms with Crippen LogP contribution in [0.5, 0.6) is 0 Å². The van der Waals surface area contributed by atoms with Crippen molar-refractivity contribution in [3.8, 4) is 0 Å². The predicted octanol–water partition coefficient (Wildman–Crippen LogP) is 4.20. The Morgan fingerprint density at radius 3 is 2.21 bits per heavy atom. The predicted molar refractivity (Wildman–Crippen MR) is 126 cm³/mol. The maximum absolute atomic E-state index is 13.7. The van der Waals surface area contributed by atoms with E-state index in [0.717, 1.165) is 22.8 Å². The lowest BCUT2D eigenvalue weighted by atomic mass is 9.85. The van der Waals surface area contributed by atoms with Crippen molar-refractivity contribution in [2.75, 3.05) is 5.32 Å². The lowest BCUT2D eigenvalue weighted by Gasteiger charge is -2.27. The smallest absolute Gasteiger partial charge is 0.248 e. The number of carbonyl (C=O) groups excluding carboxylic acids is 3. The summed E-state index contributed by atoms with van der Waals surface area (Å²) in [4.78, 5) is 41.9. The van der Waals surface area contributed by atoms with E-state index in [9.17, 15) is 14.4 Å². The Morgan fingerprint density at radius 2 is 1.48 bits per heavy atom. The van der Waals surface area contributed by atoms with E-state index in [4.69, 9.17) is 0 Å². The first-order valence-electron chi connectivity index (χ1n) is 11.5. The fraction of sp³-hybridized carbons (Fsp3) is 0.250. The Labute approximate surface area is 192 Å². The first kappa shape index (κ1) is 19.9. The van der Waals surface area contributed by atoms with Gasteiger partial charge in [0.05, 0.1) is 11.8 Å². The molecule has 1 aliphatic heterocycles. The topological polar surface area (TPSA) is 66.5 Å². The monoisotopic (exact) mass is 436 g/mol. The third-order valence-corrected chi connectivity index (χ3v) is 7.44. The number of imide groups is 1. The highest BCUT2D eigenvalue weighted by molar-refractivity contribution is 6.12. The van der Waals surface area contributed by atoms with E-state index in [1.165, 1.54) is 4.90 Å². The van der Waals surface area contributed by atoms with Crippen LogP contribution in [0.15, 0.2) is 84.9 Å². The van der Waals surface area contributed by atoms with Crippen molar-refractivity contribution >= 4 is 34.2 Å². The number of carbonyl (C=O) groups is 3. The SMILES string of the molecule is O=C(Nc1cccc2ccccc12)[C@H](Cc1ccccc1)N1C(=O)[C@@H]2[C@@H](C1=O)[C@H]1C=C[C@H]2C1. The molecule has 5 atom stereocenters. The van der Waals surface area contributed by atoms with Gasteiger partial charge in [-0.2, -0.15) is 0 Å². The molecule has 6 rings (SSSR count). The molecule has 3 aliphatic rings. The van der Waals surface area contributed by atoms with Crippen molar-refractivity contribution < 1.29 is 14.4 Å². The minimum Gasteiger partial charge on any atom is -0.324 e. The van der Waals surface area contributed by atoms with Crippen LogP contribution in [0.25, 0.3) is 10.8 Å². The molecule has 2 bridgehead atoms. The zero-order chi connectivity index (χ0) is 22.5. The summed E-state index contributed by atoms with van der Waals surface area (Å²) in [5.74, 6) is -1.16. The Kier molecular flexibility index (Phi) is 4.64. The van der Waals surface area contributed by atoms with Gasteiger partial charge in [0, 0.05) is 17.5 Å². The van der Waals surface area contributed by atoms with Crippen LogP contribution in [0.2, 0.25) is 0 Å². The number of likely N-dealkylation sites (tertiary alicyclic amines) is 1. The molecule has 0 aromatic heterocycles. The van der Waals surface area contributed by atoms with Gasteiger partial charge in [-0.25, -0.2) is 0 Å². The second-order valence-corrected chi connectivity index (χ2v) is 9.27. The largest absolute Gasteiger partial charge is 0.324 e. The summed E-state index contributed by atoms with van der Waals surface area (Å²) in [5, 5.41) is 4.96. The molecule has 33 heavy (non-hydrogen) atoms. The average Bonchev–Trinajstić information content (AvgIpc) is 3.52. The second-order valence-electron chi connectivity index (χ2n) is 9.27. The summed E-state index contributed by atoms with van der Waals surface area (Å²) in [7, 11) is 0. The van der Waals surface area contributed by atoms with Gasteiger partial charge in [-0.15, -0.1) is 0 Å². The Balaban J connectivity index is 1.35. The molecule has 3 aromatic carbocycles. The molecule has 1 saturated heterocycles. The minimum atomic E-state index is -0.892. The lowest BCUT2D eigenvalue weighted by Crippen LogP contribution is -2.49. The van der Waals surface area contributed by atoms with Crippen LogP contribution in [-0.4, -0.2) is 28.7 Å². The molecule has 5 nitrogen and oxygen atoms in total. The van der Waals surface area contributed by atoms with E-state index in [2.05, 4.69) is 17.5 Å². The second kappa shape index (κ2) is 7.69. The van der Waals surface area contributed by atoms with Gasteiger partial charge in [-0.3, -0.25) is 19.3 Å². The normalized spacial score (nSPS) is 26.1. The third kappa shape index (κ3) is 3.18. The van der Waals surface area contributed by atoms with E-state index < -0.39 is 6.04 Å². The van der Waals surface area contributed by atoms with Gasteiger partial charge in [0.25, 0.3) is 0 Å². The summed E-state index contributed by atoms with van der Waals surface area (Å²) in [6.45, 7) is 0. The van der Waals surface area contributed by atoms with Crippen molar-refractivity contribution in [1.29, 1.82) is 0 Å². The summed E-state index contributed by atoms with van der Waals surface area (Å²) in [6.07, 6.45) is 5.30. The van der Waals surface area contributed by atoms with Gasteiger partial charge in [0.1, 0.15) is 6.04 Å². The average molecular weight is 437 g/mol. The number of hydrogen-bond donors (Lipinski definition) is 1. The number of nitrogens with one attached hydrogen (secondary N) is 1. The van der Waals surface area contributed by atoms with Crippen molar-refractivity contribution in [1.82, 2.24) is 4.90 Å². The molecular formula is C28H24N2O3. The van der Waals surface area contributed by atoms with Crippen LogP contribution in [0.1, 0.15) is 12.0 Å². The minimum absolute atomic E-state index is 0.111. The number of nitrogens with zero attached hydrogens (tertiary/aromatic N) is 1. The zero-order valence-corrected chi connectivity index (χ0v) is 18.1.